The Labute approximate surface area is 124 Å². The van der Waals surface area contributed by atoms with Crippen molar-refractivity contribution in [2.45, 2.75) is 11.8 Å². The molecule has 0 spiro atoms. The highest BCUT2D eigenvalue weighted by Gasteiger charge is 2.13. The third-order valence-electron chi connectivity index (χ3n) is 2.88. The van der Waals surface area contributed by atoms with Gasteiger partial charge in [0.2, 0.25) is 0 Å². The van der Waals surface area contributed by atoms with Gasteiger partial charge in [-0.15, -0.1) is 0 Å². The molecule has 4 heteroatoms. The Morgan fingerprint density at radius 1 is 1.32 bits per heavy atom. The molecular formula is C15H21NOS2. The molecule has 0 saturated carbocycles. The van der Waals surface area contributed by atoms with Gasteiger partial charge in [-0.3, -0.25) is 0 Å². The first kappa shape index (κ1) is 14.8. The fourth-order valence-electron chi connectivity index (χ4n) is 1.89. The first-order valence-electron chi connectivity index (χ1n) is 6.61. The zero-order valence-corrected chi connectivity index (χ0v) is 12.8. The summed E-state index contributed by atoms with van der Waals surface area (Å²) in [5, 5.41) is 4.32. The molecule has 0 aromatic heterocycles. The lowest BCUT2D eigenvalue weighted by atomic mass is 10.2. The van der Waals surface area contributed by atoms with Gasteiger partial charge in [-0.1, -0.05) is 24.8 Å². The van der Waals surface area contributed by atoms with Crippen molar-refractivity contribution in [3.05, 3.63) is 42.5 Å². The van der Waals surface area contributed by atoms with Crippen molar-refractivity contribution in [1.29, 1.82) is 0 Å². The quantitative estimate of drug-likeness (QED) is 0.780. The smallest absolute Gasteiger partial charge is 0.119 e. The molecule has 0 radical (unpaired) electrons. The van der Waals surface area contributed by atoms with E-state index >= 15 is 0 Å². The molecule has 1 unspecified atom stereocenters. The summed E-state index contributed by atoms with van der Waals surface area (Å²) in [6, 6.07) is 8.28. The second-order valence-electron chi connectivity index (χ2n) is 4.44. The predicted molar refractivity (Wildman–Crippen MR) is 87.4 cm³/mol. The van der Waals surface area contributed by atoms with Crippen LogP contribution in [0.4, 0.5) is 0 Å². The standard InChI is InChI=1S/C15H21NOS2/c1-2-7-17-14-5-3-13(4-6-14)10-16-11-15-12-18-8-9-19-15/h2-6,15-16H,1,7-12H2. The van der Waals surface area contributed by atoms with Gasteiger partial charge in [0.25, 0.3) is 0 Å². The maximum absolute atomic E-state index is 5.47. The monoisotopic (exact) mass is 295 g/mol. The minimum atomic E-state index is 0.564. The summed E-state index contributed by atoms with van der Waals surface area (Å²) in [6.07, 6.45) is 1.76. The normalized spacial score (nSPS) is 19.1. The number of hydrogen-bond donors (Lipinski definition) is 1. The summed E-state index contributed by atoms with van der Waals surface area (Å²) in [5.41, 5.74) is 1.31. The zero-order chi connectivity index (χ0) is 13.3. The van der Waals surface area contributed by atoms with Crippen LogP contribution in [0.15, 0.2) is 36.9 Å². The van der Waals surface area contributed by atoms with E-state index in [1.165, 1.54) is 22.8 Å². The van der Waals surface area contributed by atoms with Crippen molar-refractivity contribution in [2.75, 3.05) is 30.4 Å². The first-order chi connectivity index (χ1) is 9.38. The van der Waals surface area contributed by atoms with Crippen LogP contribution in [0.3, 0.4) is 0 Å². The van der Waals surface area contributed by atoms with Gasteiger partial charge in [0, 0.05) is 35.6 Å². The summed E-state index contributed by atoms with van der Waals surface area (Å²) in [6.45, 7) is 6.24. The molecule has 104 valence electrons. The van der Waals surface area contributed by atoms with Crippen molar-refractivity contribution < 1.29 is 4.74 Å². The Morgan fingerprint density at radius 2 is 2.16 bits per heavy atom. The Kier molecular flexibility index (Phi) is 6.68. The molecule has 1 saturated heterocycles. The molecule has 0 bridgehead atoms. The number of ether oxygens (including phenoxy) is 1. The molecule has 1 aromatic rings. The van der Waals surface area contributed by atoms with Crippen LogP contribution in [0.2, 0.25) is 0 Å². The first-order valence-corrected chi connectivity index (χ1v) is 8.81. The number of benzene rings is 1. The molecule has 1 aliphatic rings. The summed E-state index contributed by atoms with van der Waals surface area (Å²) in [4.78, 5) is 0. The fourth-order valence-corrected chi connectivity index (χ4v) is 4.54. The Balaban J connectivity index is 1.68. The average molecular weight is 295 g/mol. The van der Waals surface area contributed by atoms with Crippen LogP contribution in [-0.4, -0.2) is 35.7 Å². The second-order valence-corrected chi connectivity index (χ2v) is 7.00. The molecule has 1 fully saturated rings. The number of thioether (sulfide) groups is 2. The molecule has 0 aliphatic carbocycles. The van der Waals surface area contributed by atoms with E-state index < -0.39 is 0 Å². The molecule has 19 heavy (non-hydrogen) atoms. The lowest BCUT2D eigenvalue weighted by Gasteiger charge is -2.21. The molecule has 1 aliphatic heterocycles. The molecule has 2 nitrogen and oxygen atoms in total. The third kappa shape index (κ3) is 5.51. The van der Waals surface area contributed by atoms with E-state index in [1.54, 1.807) is 6.08 Å². The maximum atomic E-state index is 5.47. The van der Waals surface area contributed by atoms with E-state index in [4.69, 9.17) is 4.74 Å². The van der Waals surface area contributed by atoms with E-state index in [2.05, 4.69) is 47.6 Å². The third-order valence-corrected chi connectivity index (χ3v) is 5.72. The highest BCUT2D eigenvalue weighted by molar-refractivity contribution is 8.06. The van der Waals surface area contributed by atoms with Crippen molar-refractivity contribution in [1.82, 2.24) is 5.32 Å². The van der Waals surface area contributed by atoms with Crippen LogP contribution in [0.5, 0.6) is 5.75 Å². The van der Waals surface area contributed by atoms with Gasteiger partial charge < -0.3 is 10.1 Å². The van der Waals surface area contributed by atoms with Gasteiger partial charge in [0.05, 0.1) is 0 Å². The van der Waals surface area contributed by atoms with E-state index in [0.29, 0.717) is 6.61 Å². The van der Waals surface area contributed by atoms with Gasteiger partial charge in [0.1, 0.15) is 12.4 Å². The van der Waals surface area contributed by atoms with Gasteiger partial charge in [-0.05, 0) is 17.7 Å². The van der Waals surface area contributed by atoms with Crippen LogP contribution >= 0.6 is 23.5 Å². The van der Waals surface area contributed by atoms with E-state index in [0.717, 1.165) is 24.1 Å². The SMILES string of the molecule is C=CCOc1ccc(CNCC2CSCCS2)cc1. The molecule has 1 heterocycles. The van der Waals surface area contributed by atoms with Crippen molar-refractivity contribution in [2.24, 2.45) is 0 Å². The van der Waals surface area contributed by atoms with E-state index in [9.17, 15) is 0 Å². The Bertz CT molecular complexity index is 374. The Hall–Kier alpha value is -0.580. The number of hydrogen-bond acceptors (Lipinski definition) is 4. The minimum Gasteiger partial charge on any atom is -0.490 e. The zero-order valence-electron chi connectivity index (χ0n) is 11.1. The highest BCUT2D eigenvalue weighted by atomic mass is 32.2. The van der Waals surface area contributed by atoms with Crippen LogP contribution in [0.25, 0.3) is 0 Å². The van der Waals surface area contributed by atoms with Crippen LogP contribution in [0.1, 0.15) is 5.56 Å². The summed E-state index contributed by atoms with van der Waals surface area (Å²) in [5.74, 6) is 4.80. The second kappa shape index (κ2) is 8.56. The fraction of sp³-hybridized carbons (Fsp3) is 0.467. The predicted octanol–water partition coefficient (Wildman–Crippen LogP) is 3.19. The van der Waals surface area contributed by atoms with Gasteiger partial charge in [-0.2, -0.15) is 23.5 Å². The van der Waals surface area contributed by atoms with Crippen molar-refractivity contribution in [3.63, 3.8) is 0 Å². The van der Waals surface area contributed by atoms with E-state index in [1.807, 2.05) is 12.1 Å². The molecule has 0 amide bonds. The highest BCUT2D eigenvalue weighted by Crippen LogP contribution is 2.23. The molecule has 1 atom stereocenters. The molecule has 2 rings (SSSR count). The van der Waals surface area contributed by atoms with E-state index in [-0.39, 0.29) is 0 Å². The van der Waals surface area contributed by atoms with Gasteiger partial charge in [0.15, 0.2) is 0 Å². The average Bonchev–Trinajstić information content (AvgIpc) is 2.47. The Morgan fingerprint density at radius 3 is 2.84 bits per heavy atom. The summed E-state index contributed by atoms with van der Waals surface area (Å²) >= 11 is 4.17. The van der Waals surface area contributed by atoms with Gasteiger partial charge >= 0.3 is 0 Å². The lowest BCUT2D eigenvalue weighted by Crippen LogP contribution is -2.28. The molecular weight excluding hydrogens is 274 g/mol. The van der Waals surface area contributed by atoms with Gasteiger partial charge in [-0.25, -0.2) is 0 Å². The summed E-state index contributed by atoms with van der Waals surface area (Å²) in [7, 11) is 0. The maximum Gasteiger partial charge on any atom is 0.119 e. The van der Waals surface area contributed by atoms with Crippen LogP contribution < -0.4 is 10.1 Å². The van der Waals surface area contributed by atoms with Crippen molar-refractivity contribution >= 4 is 23.5 Å². The van der Waals surface area contributed by atoms with Crippen LogP contribution in [0, 0.1) is 0 Å². The lowest BCUT2D eigenvalue weighted by molar-refractivity contribution is 0.363. The number of rotatable bonds is 7. The largest absolute Gasteiger partial charge is 0.490 e. The minimum absolute atomic E-state index is 0.564. The molecule has 1 aromatic carbocycles. The molecule has 1 N–H and O–H groups in total. The van der Waals surface area contributed by atoms with Crippen molar-refractivity contribution in [3.8, 4) is 5.75 Å². The summed E-state index contributed by atoms with van der Waals surface area (Å²) < 4.78 is 5.47. The van der Waals surface area contributed by atoms with Crippen LogP contribution in [-0.2, 0) is 6.54 Å². The topological polar surface area (TPSA) is 21.3 Å². The number of nitrogens with one attached hydrogen (secondary N) is 1.